The van der Waals surface area contributed by atoms with Crippen molar-refractivity contribution in [3.05, 3.63) is 59.7 Å². The number of nitrogens with zero attached hydrogens (tertiary/aromatic N) is 4. The van der Waals surface area contributed by atoms with E-state index in [0.717, 1.165) is 48.7 Å². The molecule has 0 bridgehead atoms. The van der Waals surface area contributed by atoms with E-state index in [1.165, 1.54) is 0 Å². The Morgan fingerprint density at radius 2 is 1.91 bits per heavy atom. The minimum absolute atomic E-state index is 0.168. The fourth-order valence-electron chi connectivity index (χ4n) is 3.32. The largest absolute Gasteiger partial charge is 0.390 e. The Morgan fingerprint density at radius 3 is 2.65 bits per heavy atom. The van der Waals surface area contributed by atoms with Crippen molar-refractivity contribution in [2.75, 3.05) is 13.1 Å². The van der Waals surface area contributed by atoms with Crippen LogP contribution in [0, 0.1) is 5.92 Å². The lowest BCUT2D eigenvalue weighted by Crippen LogP contribution is -2.23. The zero-order valence-corrected chi connectivity index (χ0v) is 13.2. The van der Waals surface area contributed by atoms with Gasteiger partial charge in [-0.3, -0.25) is 4.90 Å². The van der Waals surface area contributed by atoms with E-state index >= 15 is 0 Å². The predicted octanol–water partition coefficient (Wildman–Crippen LogP) is 2.27. The van der Waals surface area contributed by atoms with Crippen molar-refractivity contribution >= 4 is 5.71 Å². The summed E-state index contributed by atoms with van der Waals surface area (Å²) in [6.07, 6.45) is 4.92. The highest BCUT2D eigenvalue weighted by Gasteiger charge is 2.42. The number of hydrogen-bond donors (Lipinski definition) is 0. The number of benzene rings is 1. The van der Waals surface area contributed by atoms with Crippen LogP contribution in [-0.2, 0) is 17.8 Å². The van der Waals surface area contributed by atoms with Crippen LogP contribution in [0.3, 0.4) is 0 Å². The molecular weight excluding hydrogens is 288 g/mol. The van der Waals surface area contributed by atoms with E-state index in [-0.39, 0.29) is 6.10 Å². The maximum atomic E-state index is 5.66. The van der Waals surface area contributed by atoms with Gasteiger partial charge in [-0.15, -0.1) is 0 Å². The predicted molar refractivity (Wildman–Crippen MR) is 88.0 cm³/mol. The van der Waals surface area contributed by atoms with Gasteiger partial charge in [-0.25, -0.2) is 9.97 Å². The first-order chi connectivity index (χ1) is 11.3. The number of aromatic nitrogens is 2. The van der Waals surface area contributed by atoms with Gasteiger partial charge in [-0.05, 0) is 5.56 Å². The summed E-state index contributed by atoms with van der Waals surface area (Å²) in [6.45, 7) is 4.80. The molecule has 23 heavy (non-hydrogen) atoms. The van der Waals surface area contributed by atoms with Crippen molar-refractivity contribution in [1.29, 1.82) is 0 Å². The summed E-state index contributed by atoms with van der Waals surface area (Å²) in [5.74, 6) is 1.25. The van der Waals surface area contributed by atoms with E-state index in [1.54, 1.807) is 0 Å². The van der Waals surface area contributed by atoms with Crippen LogP contribution in [0.2, 0.25) is 0 Å². The molecule has 1 saturated heterocycles. The van der Waals surface area contributed by atoms with Crippen LogP contribution in [0.1, 0.15) is 23.9 Å². The Balaban J connectivity index is 1.44. The molecule has 2 atom stereocenters. The summed E-state index contributed by atoms with van der Waals surface area (Å²) in [7, 11) is 0. The maximum Gasteiger partial charge on any atom is 0.149 e. The average molecular weight is 308 g/mol. The molecule has 4 rings (SSSR count). The van der Waals surface area contributed by atoms with Crippen molar-refractivity contribution in [3.63, 3.8) is 0 Å². The number of hydrogen-bond acceptors (Lipinski definition) is 5. The van der Waals surface area contributed by atoms with Crippen molar-refractivity contribution in [2.45, 2.75) is 26.0 Å². The number of oxime groups is 1. The third kappa shape index (κ3) is 2.84. The van der Waals surface area contributed by atoms with Crippen LogP contribution < -0.4 is 0 Å². The molecule has 5 nitrogen and oxygen atoms in total. The molecule has 1 aromatic heterocycles. The average Bonchev–Trinajstić information content (AvgIpc) is 3.16. The quantitative estimate of drug-likeness (QED) is 0.869. The third-order valence-corrected chi connectivity index (χ3v) is 4.53. The monoisotopic (exact) mass is 308 g/mol. The zero-order chi connectivity index (χ0) is 15.6. The van der Waals surface area contributed by atoms with E-state index in [1.807, 2.05) is 30.6 Å². The van der Waals surface area contributed by atoms with E-state index in [0.29, 0.717) is 5.92 Å². The number of rotatable bonds is 4. The van der Waals surface area contributed by atoms with Crippen LogP contribution in [0.15, 0.2) is 47.9 Å². The zero-order valence-electron chi connectivity index (χ0n) is 13.2. The fourth-order valence-corrected chi connectivity index (χ4v) is 3.32. The third-order valence-electron chi connectivity index (χ3n) is 4.53. The van der Waals surface area contributed by atoms with Gasteiger partial charge >= 0.3 is 0 Å². The fraction of sp³-hybridized carbons (Fsp3) is 0.389. The van der Waals surface area contributed by atoms with E-state index < -0.39 is 0 Å². The molecule has 2 aliphatic heterocycles. The van der Waals surface area contributed by atoms with Crippen molar-refractivity contribution in [3.8, 4) is 0 Å². The molecule has 0 amide bonds. The Kier molecular flexibility index (Phi) is 3.79. The van der Waals surface area contributed by atoms with Gasteiger partial charge in [-0.1, -0.05) is 42.4 Å². The van der Waals surface area contributed by atoms with Gasteiger partial charge in [0.25, 0.3) is 0 Å². The topological polar surface area (TPSA) is 50.6 Å². The second kappa shape index (κ2) is 6.08. The number of fused-ring (bicyclic) bond motifs is 1. The Labute approximate surface area is 136 Å². The van der Waals surface area contributed by atoms with Crippen molar-refractivity contribution in [1.82, 2.24) is 14.9 Å². The molecule has 1 aromatic carbocycles. The number of aryl methyl sites for hydroxylation is 1. The molecule has 0 aliphatic carbocycles. The minimum atomic E-state index is 0.168. The molecule has 3 heterocycles. The molecule has 5 heteroatoms. The highest BCUT2D eigenvalue weighted by molar-refractivity contribution is 6.03. The Bertz CT molecular complexity index is 699. The summed E-state index contributed by atoms with van der Waals surface area (Å²) >= 11 is 0. The summed E-state index contributed by atoms with van der Waals surface area (Å²) in [6, 6.07) is 10.3. The number of likely N-dealkylation sites (tertiary alicyclic amines) is 1. The maximum absolute atomic E-state index is 5.66. The van der Waals surface area contributed by atoms with E-state index in [9.17, 15) is 0 Å². The summed E-state index contributed by atoms with van der Waals surface area (Å²) < 4.78 is 0. The van der Waals surface area contributed by atoms with Crippen LogP contribution in [0.4, 0.5) is 0 Å². The van der Waals surface area contributed by atoms with Gasteiger partial charge < -0.3 is 4.84 Å². The molecule has 118 valence electrons. The minimum Gasteiger partial charge on any atom is -0.390 e. The second-order valence-corrected chi connectivity index (χ2v) is 6.15. The second-order valence-electron chi connectivity index (χ2n) is 6.15. The highest BCUT2D eigenvalue weighted by Crippen LogP contribution is 2.30. The molecule has 2 aromatic rings. The molecule has 0 radical (unpaired) electrons. The summed E-state index contributed by atoms with van der Waals surface area (Å²) in [5.41, 5.74) is 3.40. The van der Waals surface area contributed by atoms with Gasteiger partial charge in [0.1, 0.15) is 11.9 Å². The lowest BCUT2D eigenvalue weighted by atomic mass is 9.95. The van der Waals surface area contributed by atoms with Crippen molar-refractivity contribution in [2.24, 2.45) is 11.1 Å². The summed E-state index contributed by atoms with van der Waals surface area (Å²) in [5, 5.41) is 4.32. The smallest absolute Gasteiger partial charge is 0.149 e. The molecule has 0 spiro atoms. The van der Waals surface area contributed by atoms with E-state index in [4.69, 9.17) is 4.84 Å². The first-order valence-corrected chi connectivity index (χ1v) is 8.14. The normalized spacial score (nSPS) is 23.4. The van der Waals surface area contributed by atoms with Gasteiger partial charge in [-0.2, -0.15) is 0 Å². The molecule has 0 unspecified atom stereocenters. The van der Waals surface area contributed by atoms with Crippen LogP contribution in [0.25, 0.3) is 0 Å². The molecule has 0 saturated carbocycles. The standard InChI is InChI=1S/C18H20N4O/c1-2-17-19-8-13(9-20-17)10-22-11-15-16(12-22)23-21-18(15)14-6-4-3-5-7-14/h3-9,15-16H,2,10-12H2,1H3/t15-,16+/m1/s1. The lowest BCUT2D eigenvalue weighted by Gasteiger charge is -2.16. The Hall–Kier alpha value is -2.27. The van der Waals surface area contributed by atoms with Crippen LogP contribution >= 0.6 is 0 Å². The van der Waals surface area contributed by atoms with Gasteiger partial charge in [0, 0.05) is 44.0 Å². The Morgan fingerprint density at radius 1 is 1.13 bits per heavy atom. The van der Waals surface area contributed by atoms with E-state index in [2.05, 4.69) is 39.1 Å². The first kappa shape index (κ1) is 14.3. The van der Waals surface area contributed by atoms with Crippen LogP contribution in [0.5, 0.6) is 0 Å². The van der Waals surface area contributed by atoms with Crippen molar-refractivity contribution < 1.29 is 4.84 Å². The molecule has 1 fully saturated rings. The van der Waals surface area contributed by atoms with Gasteiger partial charge in [0.15, 0.2) is 0 Å². The molecule has 0 N–H and O–H groups in total. The van der Waals surface area contributed by atoms with Crippen LogP contribution in [-0.4, -0.2) is 39.8 Å². The summed E-state index contributed by atoms with van der Waals surface area (Å²) in [4.78, 5) is 16.8. The lowest BCUT2D eigenvalue weighted by molar-refractivity contribution is 0.0745. The molecule has 2 aliphatic rings. The van der Waals surface area contributed by atoms with Gasteiger partial charge in [0.2, 0.25) is 0 Å². The highest BCUT2D eigenvalue weighted by atomic mass is 16.6. The van der Waals surface area contributed by atoms with Gasteiger partial charge in [0.05, 0.1) is 11.6 Å². The SMILES string of the molecule is CCc1ncc(CN2C[C@@H]3ON=C(c4ccccc4)[C@@H]3C2)cn1. The first-order valence-electron chi connectivity index (χ1n) is 8.14. The molecular formula is C18H20N4O.